The third-order valence-corrected chi connectivity index (χ3v) is 2.56. The van der Waals surface area contributed by atoms with Gasteiger partial charge < -0.3 is 0 Å². The fourth-order valence-electron chi connectivity index (χ4n) is 1.84. The zero-order chi connectivity index (χ0) is 11.6. The summed E-state index contributed by atoms with van der Waals surface area (Å²) in [4.78, 5) is 6.82. The molecule has 92 valence electrons. The molecule has 1 aliphatic heterocycles. The molecule has 0 amide bonds. The van der Waals surface area contributed by atoms with Crippen LogP contribution in [-0.2, 0) is 19.4 Å². The van der Waals surface area contributed by atoms with Crippen molar-refractivity contribution in [2.75, 3.05) is 13.1 Å². The molecule has 1 aromatic heterocycles. The van der Waals surface area contributed by atoms with E-state index in [0.717, 1.165) is 6.54 Å². The Morgan fingerprint density at radius 1 is 1.19 bits per heavy atom. The number of pyridine rings is 1. The molecule has 1 saturated heterocycles. The molecule has 1 aromatic rings. The number of rotatable bonds is 2. The van der Waals surface area contributed by atoms with E-state index in [4.69, 9.17) is 20.3 Å². The van der Waals surface area contributed by atoms with Crippen LogP contribution in [0.25, 0.3) is 0 Å². The van der Waals surface area contributed by atoms with E-state index in [1.165, 1.54) is 38.0 Å². The number of hydrogen-bond acceptors (Lipinski definition) is 2. The van der Waals surface area contributed by atoms with E-state index < -0.39 is 0 Å². The smallest absolute Gasteiger partial charge is 0.0543 e. The average Bonchev–Trinajstić information content (AvgIpc) is 2.33. The van der Waals surface area contributed by atoms with Gasteiger partial charge in [-0.05, 0) is 38.1 Å². The Kier molecular flexibility index (Phi) is 8.24. The first-order valence-corrected chi connectivity index (χ1v) is 8.19. The Morgan fingerprint density at radius 2 is 1.88 bits per heavy atom. The molecule has 0 atom stereocenters. The topological polar surface area (TPSA) is 16.1 Å². The molecule has 16 heavy (non-hydrogen) atoms. The average molecular weight is 306 g/mol. The monoisotopic (exact) mass is 305 g/mol. The molecule has 0 aromatic carbocycles. The van der Waals surface area contributed by atoms with Crippen LogP contribution in [0.4, 0.5) is 0 Å². The Labute approximate surface area is 112 Å². The van der Waals surface area contributed by atoms with E-state index in [2.05, 4.69) is 22.0 Å². The Morgan fingerprint density at radius 3 is 2.44 bits per heavy atom. The van der Waals surface area contributed by atoms with E-state index >= 15 is 0 Å². The van der Waals surface area contributed by atoms with E-state index in [0.29, 0.717) is 12.9 Å². The van der Waals surface area contributed by atoms with Crippen LogP contribution in [0.2, 0.25) is 0 Å². The van der Waals surface area contributed by atoms with E-state index in [1.807, 2.05) is 12.3 Å². The van der Waals surface area contributed by atoms with E-state index in [-0.39, 0.29) is 0 Å². The third kappa shape index (κ3) is 6.06. The molecule has 1 aliphatic rings. The Bertz CT molecular complexity index is 266. The van der Waals surface area contributed by atoms with Gasteiger partial charge in [0.25, 0.3) is 0 Å². The minimum atomic E-state index is 0.382. The van der Waals surface area contributed by atoms with Crippen LogP contribution in [0.1, 0.15) is 25.0 Å². The van der Waals surface area contributed by atoms with Crippen molar-refractivity contribution in [3.05, 3.63) is 30.1 Å². The number of piperidine rings is 1. The summed E-state index contributed by atoms with van der Waals surface area (Å²) in [6, 6.07) is 6.14. The van der Waals surface area contributed by atoms with Crippen LogP contribution < -0.4 is 0 Å². The molecule has 0 N–H and O–H groups in total. The van der Waals surface area contributed by atoms with Gasteiger partial charge >= 0.3 is 33.2 Å². The first-order valence-electron chi connectivity index (χ1n) is 5.32. The molecule has 0 unspecified atom stereocenters. The summed E-state index contributed by atoms with van der Waals surface area (Å²) in [6.07, 6.45) is 5.98. The normalized spacial score (nSPS) is 16.6. The summed E-state index contributed by atoms with van der Waals surface area (Å²) < 4.78 is 0. The van der Waals surface area contributed by atoms with Crippen molar-refractivity contribution in [3.8, 4) is 0 Å². The van der Waals surface area contributed by atoms with Crippen molar-refractivity contribution in [1.29, 1.82) is 0 Å². The van der Waals surface area contributed by atoms with Crippen molar-refractivity contribution in [2.45, 2.75) is 25.8 Å². The van der Waals surface area contributed by atoms with Gasteiger partial charge in [-0.1, -0.05) is 12.5 Å². The number of halogens is 2. The maximum Gasteiger partial charge on any atom is 0.0543 e. The van der Waals surface area contributed by atoms with Crippen molar-refractivity contribution in [2.24, 2.45) is 0 Å². The molecule has 2 heterocycles. The largest absolute Gasteiger partial charge is 0.298 e. The van der Waals surface area contributed by atoms with Crippen LogP contribution in [0.15, 0.2) is 24.4 Å². The van der Waals surface area contributed by atoms with Gasteiger partial charge in [0.05, 0.1) is 5.69 Å². The van der Waals surface area contributed by atoms with Crippen LogP contribution in [-0.4, -0.2) is 23.0 Å². The molecule has 2 rings (SSSR count). The SMILES string of the molecule is [Cl][Co+][Cl].c1ccc(CN2CCCCC2)nc1. The third-order valence-electron chi connectivity index (χ3n) is 2.56. The molecule has 0 radical (unpaired) electrons. The minimum absolute atomic E-state index is 0.382. The van der Waals surface area contributed by atoms with Crippen molar-refractivity contribution < 1.29 is 12.9 Å². The van der Waals surface area contributed by atoms with Crippen molar-refractivity contribution >= 4 is 20.3 Å². The van der Waals surface area contributed by atoms with Gasteiger partial charge in [-0.2, -0.15) is 0 Å². The molecule has 0 spiro atoms. The number of likely N-dealkylation sites (tertiary alicyclic amines) is 1. The Balaban J connectivity index is 0.000000386. The van der Waals surface area contributed by atoms with Crippen LogP contribution in [0, 0.1) is 0 Å². The second-order valence-electron chi connectivity index (χ2n) is 3.71. The summed E-state index contributed by atoms with van der Waals surface area (Å²) in [5, 5.41) is 0. The van der Waals surface area contributed by atoms with Crippen molar-refractivity contribution in [3.63, 3.8) is 0 Å². The maximum atomic E-state index is 4.73. The molecule has 5 heteroatoms. The second kappa shape index (κ2) is 9.25. The van der Waals surface area contributed by atoms with Crippen LogP contribution >= 0.6 is 20.3 Å². The standard InChI is InChI=1S/C11H16N2.2ClH.Co/c1-4-8-13(9-5-1)10-11-6-2-3-7-12-11;;;/h2-3,6-7H,1,4-5,8-10H2;2*1H;/q;;;+3/p-2. The number of nitrogens with zero attached hydrogens (tertiary/aromatic N) is 2. The van der Waals surface area contributed by atoms with Gasteiger partial charge in [0.1, 0.15) is 0 Å². The molecule has 0 bridgehead atoms. The number of aromatic nitrogens is 1. The molecule has 2 nitrogen and oxygen atoms in total. The summed E-state index contributed by atoms with van der Waals surface area (Å²) in [5.41, 5.74) is 1.20. The summed E-state index contributed by atoms with van der Waals surface area (Å²) in [7, 11) is 9.47. The van der Waals surface area contributed by atoms with Gasteiger partial charge in [0.15, 0.2) is 0 Å². The molecule has 0 aliphatic carbocycles. The van der Waals surface area contributed by atoms with Gasteiger partial charge in [-0.3, -0.25) is 9.88 Å². The number of hydrogen-bond donors (Lipinski definition) is 0. The fraction of sp³-hybridized carbons (Fsp3) is 0.545. The minimum Gasteiger partial charge on any atom is -0.298 e. The van der Waals surface area contributed by atoms with Gasteiger partial charge in [-0.25, -0.2) is 0 Å². The second-order valence-corrected chi connectivity index (χ2v) is 5.42. The van der Waals surface area contributed by atoms with Gasteiger partial charge in [-0.15, -0.1) is 0 Å². The van der Waals surface area contributed by atoms with E-state index in [9.17, 15) is 0 Å². The predicted molar refractivity (Wildman–Crippen MR) is 65.1 cm³/mol. The molecule has 0 saturated carbocycles. The molecular weight excluding hydrogens is 290 g/mol. The van der Waals surface area contributed by atoms with Crippen LogP contribution in [0.5, 0.6) is 0 Å². The zero-order valence-electron chi connectivity index (χ0n) is 9.04. The van der Waals surface area contributed by atoms with Crippen LogP contribution in [0.3, 0.4) is 0 Å². The molecular formula is C11H16Cl2CoN2+. The van der Waals surface area contributed by atoms with Crippen molar-refractivity contribution in [1.82, 2.24) is 9.88 Å². The van der Waals surface area contributed by atoms with Gasteiger partial charge in [0.2, 0.25) is 0 Å². The predicted octanol–water partition coefficient (Wildman–Crippen LogP) is 3.44. The summed E-state index contributed by atoms with van der Waals surface area (Å²) >= 11 is 0.382. The fourth-order valence-corrected chi connectivity index (χ4v) is 1.84. The zero-order valence-corrected chi connectivity index (χ0v) is 11.6. The Hall–Kier alpha value is 0.196. The first-order chi connectivity index (χ1) is 7.86. The summed E-state index contributed by atoms with van der Waals surface area (Å²) in [5.74, 6) is 0. The van der Waals surface area contributed by atoms with E-state index in [1.54, 1.807) is 0 Å². The molecule has 1 fully saturated rings. The van der Waals surface area contributed by atoms with Gasteiger partial charge in [0, 0.05) is 12.7 Å². The maximum absolute atomic E-state index is 4.73. The quantitative estimate of drug-likeness (QED) is 0.832. The first kappa shape index (κ1) is 14.3. The summed E-state index contributed by atoms with van der Waals surface area (Å²) in [6.45, 7) is 3.52.